The third kappa shape index (κ3) is 9.46. The zero-order valence-electron chi connectivity index (χ0n) is 16.3. The number of hydrogen-bond acceptors (Lipinski definition) is 3. The molecule has 6 heteroatoms. The van der Waals surface area contributed by atoms with Crippen molar-refractivity contribution in [3.8, 4) is 0 Å². The SMILES string of the molecule is CCNC(=NCc1ccc(CN2CCCCC2)cc1)NCCCSC.I. The number of guanidine groups is 1. The molecule has 1 aliphatic rings. The van der Waals surface area contributed by atoms with Gasteiger partial charge in [-0.15, -0.1) is 24.0 Å². The lowest BCUT2D eigenvalue weighted by molar-refractivity contribution is 0.221. The first-order chi connectivity index (χ1) is 12.3. The lowest BCUT2D eigenvalue weighted by atomic mass is 10.1. The molecule has 2 N–H and O–H groups in total. The first-order valence-electron chi connectivity index (χ1n) is 9.63. The minimum Gasteiger partial charge on any atom is -0.357 e. The molecule has 1 aromatic rings. The summed E-state index contributed by atoms with van der Waals surface area (Å²) in [6.07, 6.45) is 7.41. The summed E-state index contributed by atoms with van der Waals surface area (Å²) in [5.74, 6) is 2.10. The highest BCUT2D eigenvalue weighted by Crippen LogP contribution is 2.14. The number of hydrogen-bond donors (Lipinski definition) is 2. The molecule has 1 aliphatic heterocycles. The van der Waals surface area contributed by atoms with Crippen LogP contribution in [0.1, 0.15) is 43.7 Å². The van der Waals surface area contributed by atoms with Crippen LogP contribution in [0.3, 0.4) is 0 Å². The van der Waals surface area contributed by atoms with E-state index in [0.29, 0.717) is 0 Å². The summed E-state index contributed by atoms with van der Waals surface area (Å²) in [6.45, 7) is 8.28. The fourth-order valence-electron chi connectivity index (χ4n) is 3.06. The van der Waals surface area contributed by atoms with E-state index < -0.39 is 0 Å². The Labute approximate surface area is 181 Å². The number of likely N-dealkylation sites (tertiary alicyclic amines) is 1. The maximum Gasteiger partial charge on any atom is 0.191 e. The first-order valence-corrected chi connectivity index (χ1v) is 11.0. The summed E-state index contributed by atoms with van der Waals surface area (Å²) in [4.78, 5) is 7.27. The Kier molecular flexibility index (Phi) is 13.2. The topological polar surface area (TPSA) is 39.7 Å². The Hall–Kier alpha value is -0.470. The van der Waals surface area contributed by atoms with E-state index in [4.69, 9.17) is 4.99 Å². The molecule has 4 nitrogen and oxygen atoms in total. The van der Waals surface area contributed by atoms with Gasteiger partial charge in [-0.3, -0.25) is 4.90 Å². The molecule has 0 aliphatic carbocycles. The molecular weight excluding hydrogens is 455 g/mol. The van der Waals surface area contributed by atoms with Crippen LogP contribution in [0.25, 0.3) is 0 Å². The standard InChI is InChI=1S/C20H34N4S.HI/c1-3-21-20(22-12-7-15-25-2)23-16-18-8-10-19(11-9-18)17-24-13-5-4-6-14-24;/h8-11H,3-7,12-17H2,1-2H3,(H2,21,22,23);1H. The van der Waals surface area contributed by atoms with Crippen molar-refractivity contribution in [3.05, 3.63) is 35.4 Å². The van der Waals surface area contributed by atoms with E-state index in [1.54, 1.807) is 0 Å². The molecular formula is C20H35IN4S. The number of thioether (sulfide) groups is 1. The van der Waals surface area contributed by atoms with Crippen molar-refractivity contribution in [2.24, 2.45) is 4.99 Å². The van der Waals surface area contributed by atoms with Gasteiger partial charge in [0, 0.05) is 19.6 Å². The zero-order valence-corrected chi connectivity index (χ0v) is 19.4. The summed E-state index contributed by atoms with van der Waals surface area (Å²) in [7, 11) is 0. The average Bonchev–Trinajstić information content (AvgIpc) is 2.65. The van der Waals surface area contributed by atoms with Crippen LogP contribution in [0.15, 0.2) is 29.3 Å². The highest BCUT2D eigenvalue weighted by molar-refractivity contribution is 14.0. The molecule has 0 bridgehead atoms. The molecule has 0 spiro atoms. The molecule has 0 unspecified atom stereocenters. The number of halogens is 1. The molecule has 26 heavy (non-hydrogen) atoms. The van der Waals surface area contributed by atoms with E-state index in [1.807, 2.05) is 11.8 Å². The van der Waals surface area contributed by atoms with Crippen LogP contribution >= 0.6 is 35.7 Å². The largest absolute Gasteiger partial charge is 0.357 e. The van der Waals surface area contributed by atoms with Crippen LogP contribution in [-0.4, -0.2) is 49.0 Å². The van der Waals surface area contributed by atoms with Gasteiger partial charge in [0.1, 0.15) is 0 Å². The number of aliphatic imine (C=N–C) groups is 1. The van der Waals surface area contributed by atoms with Crippen molar-refractivity contribution in [3.63, 3.8) is 0 Å². The summed E-state index contributed by atoms with van der Waals surface area (Å²) < 4.78 is 0. The molecule has 1 aromatic carbocycles. The van der Waals surface area contributed by atoms with Crippen LogP contribution in [0.5, 0.6) is 0 Å². The van der Waals surface area contributed by atoms with Crippen molar-refractivity contribution in [1.82, 2.24) is 15.5 Å². The van der Waals surface area contributed by atoms with Gasteiger partial charge in [-0.25, -0.2) is 4.99 Å². The van der Waals surface area contributed by atoms with E-state index in [2.05, 4.69) is 53.0 Å². The number of nitrogens with one attached hydrogen (secondary N) is 2. The monoisotopic (exact) mass is 490 g/mol. The number of piperidine rings is 1. The van der Waals surface area contributed by atoms with Crippen molar-refractivity contribution >= 4 is 41.7 Å². The molecule has 148 valence electrons. The van der Waals surface area contributed by atoms with Crippen LogP contribution in [0.2, 0.25) is 0 Å². The Morgan fingerprint density at radius 3 is 2.42 bits per heavy atom. The second kappa shape index (κ2) is 14.6. The van der Waals surface area contributed by atoms with Crippen molar-refractivity contribution < 1.29 is 0 Å². The molecule has 1 heterocycles. The van der Waals surface area contributed by atoms with Crippen molar-refractivity contribution in [2.75, 3.05) is 38.2 Å². The lowest BCUT2D eigenvalue weighted by Gasteiger charge is -2.26. The fourth-order valence-corrected chi connectivity index (χ4v) is 3.49. The van der Waals surface area contributed by atoms with Crippen molar-refractivity contribution in [2.45, 2.75) is 45.7 Å². The molecule has 1 saturated heterocycles. The number of benzene rings is 1. The maximum atomic E-state index is 4.70. The summed E-state index contributed by atoms with van der Waals surface area (Å²) in [6, 6.07) is 8.97. The van der Waals surface area contributed by atoms with Crippen molar-refractivity contribution in [1.29, 1.82) is 0 Å². The van der Waals surface area contributed by atoms with E-state index in [0.717, 1.165) is 38.6 Å². The van der Waals surface area contributed by atoms with E-state index in [-0.39, 0.29) is 24.0 Å². The van der Waals surface area contributed by atoms with Gasteiger partial charge in [0.25, 0.3) is 0 Å². The second-order valence-corrected chi connectivity index (χ2v) is 7.61. The smallest absolute Gasteiger partial charge is 0.191 e. The summed E-state index contributed by atoms with van der Waals surface area (Å²) in [5, 5.41) is 6.73. The summed E-state index contributed by atoms with van der Waals surface area (Å²) in [5.41, 5.74) is 2.68. The van der Waals surface area contributed by atoms with Gasteiger partial charge < -0.3 is 10.6 Å². The van der Waals surface area contributed by atoms with Gasteiger partial charge in [-0.1, -0.05) is 30.7 Å². The normalized spacial score (nSPS) is 15.4. The molecule has 0 saturated carbocycles. The predicted octanol–water partition coefficient (Wildman–Crippen LogP) is 4.10. The van der Waals surface area contributed by atoms with Gasteiger partial charge in [0.15, 0.2) is 5.96 Å². The second-order valence-electron chi connectivity index (χ2n) is 6.62. The van der Waals surface area contributed by atoms with Crippen LogP contribution in [0.4, 0.5) is 0 Å². The molecule has 0 aromatic heterocycles. The minimum absolute atomic E-state index is 0. The Balaban J connectivity index is 0.00000338. The molecule has 1 fully saturated rings. The third-order valence-corrected chi connectivity index (χ3v) is 5.16. The van der Waals surface area contributed by atoms with Gasteiger partial charge in [-0.2, -0.15) is 11.8 Å². The van der Waals surface area contributed by atoms with E-state index in [9.17, 15) is 0 Å². The van der Waals surface area contributed by atoms with Crippen LogP contribution in [-0.2, 0) is 13.1 Å². The highest BCUT2D eigenvalue weighted by Gasteiger charge is 2.10. The predicted molar refractivity (Wildman–Crippen MR) is 127 cm³/mol. The quantitative estimate of drug-likeness (QED) is 0.237. The average molecular weight is 490 g/mol. The molecule has 2 rings (SSSR count). The van der Waals surface area contributed by atoms with Gasteiger partial charge >= 0.3 is 0 Å². The van der Waals surface area contributed by atoms with Gasteiger partial charge in [-0.05, 0) is 62.4 Å². The number of nitrogens with zero attached hydrogens (tertiary/aromatic N) is 2. The molecule has 0 atom stereocenters. The Morgan fingerprint density at radius 1 is 1.08 bits per heavy atom. The van der Waals surface area contributed by atoms with Crippen LogP contribution < -0.4 is 10.6 Å². The van der Waals surface area contributed by atoms with Gasteiger partial charge in [0.2, 0.25) is 0 Å². The van der Waals surface area contributed by atoms with E-state index in [1.165, 1.54) is 49.2 Å². The zero-order chi connectivity index (χ0) is 17.7. The van der Waals surface area contributed by atoms with E-state index >= 15 is 0 Å². The Morgan fingerprint density at radius 2 is 1.77 bits per heavy atom. The Bertz CT molecular complexity index is 501. The third-order valence-electron chi connectivity index (χ3n) is 4.46. The highest BCUT2D eigenvalue weighted by atomic mass is 127. The molecule has 0 radical (unpaired) electrons. The van der Waals surface area contributed by atoms with Gasteiger partial charge in [0.05, 0.1) is 6.54 Å². The maximum absolute atomic E-state index is 4.70. The minimum atomic E-state index is 0. The first kappa shape index (κ1) is 23.6. The molecule has 0 amide bonds. The summed E-state index contributed by atoms with van der Waals surface area (Å²) >= 11 is 1.89. The van der Waals surface area contributed by atoms with Crippen LogP contribution in [0, 0.1) is 0 Å². The lowest BCUT2D eigenvalue weighted by Crippen LogP contribution is -2.37. The number of rotatable bonds is 9. The fraction of sp³-hybridized carbons (Fsp3) is 0.650.